The van der Waals surface area contributed by atoms with E-state index in [1.54, 1.807) is 6.07 Å². The highest BCUT2D eigenvalue weighted by Gasteiger charge is 2.28. The first-order valence-corrected chi connectivity index (χ1v) is 8.94. The largest absolute Gasteiger partial charge is 0.507 e. The van der Waals surface area contributed by atoms with Gasteiger partial charge in [0, 0.05) is 12.0 Å². The molecule has 1 heterocycles. The van der Waals surface area contributed by atoms with Crippen LogP contribution < -0.4 is 5.73 Å². The van der Waals surface area contributed by atoms with E-state index in [2.05, 4.69) is 35.0 Å². The number of anilines is 1. The van der Waals surface area contributed by atoms with Crippen molar-refractivity contribution >= 4 is 5.82 Å². The molecular formula is C20H25N5O. The van der Waals surface area contributed by atoms with E-state index in [0.717, 1.165) is 31.2 Å². The first-order chi connectivity index (χ1) is 12.4. The highest BCUT2D eigenvalue weighted by atomic mass is 16.3. The van der Waals surface area contributed by atoms with Crippen LogP contribution in [0.15, 0.2) is 18.2 Å². The molecule has 3 N–H and O–H groups in total. The van der Waals surface area contributed by atoms with Gasteiger partial charge in [-0.25, -0.2) is 9.97 Å². The maximum atomic E-state index is 10.2. The van der Waals surface area contributed by atoms with Crippen molar-refractivity contribution in [1.29, 1.82) is 5.26 Å². The van der Waals surface area contributed by atoms with Crippen LogP contribution in [0.1, 0.15) is 48.4 Å². The average Bonchev–Trinajstić information content (AvgIpc) is 2.63. The summed E-state index contributed by atoms with van der Waals surface area (Å²) in [4.78, 5) is 11.2. The minimum Gasteiger partial charge on any atom is -0.507 e. The van der Waals surface area contributed by atoms with Gasteiger partial charge in [-0.15, -0.1) is 0 Å². The van der Waals surface area contributed by atoms with Crippen LogP contribution in [0.25, 0.3) is 11.4 Å². The second kappa shape index (κ2) is 7.30. The number of aromatic nitrogens is 2. The van der Waals surface area contributed by atoms with Gasteiger partial charge in [0.1, 0.15) is 23.2 Å². The molecule has 0 aliphatic heterocycles. The Bertz CT molecular complexity index is 848. The smallest absolute Gasteiger partial charge is 0.165 e. The van der Waals surface area contributed by atoms with E-state index in [-0.39, 0.29) is 17.5 Å². The zero-order chi connectivity index (χ0) is 18.8. The van der Waals surface area contributed by atoms with Crippen molar-refractivity contribution in [3.05, 3.63) is 35.0 Å². The topological polar surface area (TPSA) is 99.1 Å². The SMILES string of the molecule is Cc1ccc(O)c(-c2nc(N)c(C#N)c(C3CCC(N(C)C)CC3)n2)c1. The van der Waals surface area contributed by atoms with Crippen LogP contribution >= 0.6 is 0 Å². The lowest BCUT2D eigenvalue weighted by Crippen LogP contribution is -2.32. The van der Waals surface area contributed by atoms with Crippen molar-refractivity contribution in [3.63, 3.8) is 0 Å². The Morgan fingerprint density at radius 2 is 1.88 bits per heavy atom. The average molecular weight is 351 g/mol. The van der Waals surface area contributed by atoms with Gasteiger partial charge in [0.2, 0.25) is 0 Å². The summed E-state index contributed by atoms with van der Waals surface area (Å²) in [5.74, 6) is 0.870. The molecule has 1 aliphatic carbocycles. The molecule has 1 aliphatic rings. The normalized spacial score (nSPS) is 20.1. The quantitative estimate of drug-likeness (QED) is 0.881. The Morgan fingerprint density at radius 3 is 2.50 bits per heavy atom. The number of benzene rings is 1. The van der Waals surface area contributed by atoms with Gasteiger partial charge in [-0.2, -0.15) is 5.26 Å². The monoisotopic (exact) mass is 351 g/mol. The zero-order valence-corrected chi connectivity index (χ0v) is 15.5. The van der Waals surface area contributed by atoms with Gasteiger partial charge in [0.25, 0.3) is 0 Å². The predicted octanol–water partition coefficient (Wildman–Crippen LogP) is 3.20. The van der Waals surface area contributed by atoms with Gasteiger partial charge >= 0.3 is 0 Å². The minimum absolute atomic E-state index is 0.113. The maximum Gasteiger partial charge on any atom is 0.165 e. The van der Waals surface area contributed by atoms with Crippen LogP contribution in [0.4, 0.5) is 5.82 Å². The number of phenolic OH excluding ortho intramolecular Hbond substituents is 1. The van der Waals surface area contributed by atoms with Crippen LogP contribution in [-0.2, 0) is 0 Å². The molecule has 1 fully saturated rings. The van der Waals surface area contributed by atoms with Gasteiger partial charge < -0.3 is 15.7 Å². The van der Waals surface area contributed by atoms with Crippen molar-refractivity contribution in [3.8, 4) is 23.2 Å². The summed E-state index contributed by atoms with van der Waals surface area (Å²) in [5, 5.41) is 19.8. The molecule has 0 atom stereocenters. The number of rotatable bonds is 3. The number of aryl methyl sites for hydroxylation is 1. The Kier molecular flexibility index (Phi) is 5.10. The summed E-state index contributed by atoms with van der Waals surface area (Å²) in [6.07, 6.45) is 4.06. The fraction of sp³-hybridized carbons (Fsp3) is 0.450. The van der Waals surface area contributed by atoms with Crippen LogP contribution in [0.2, 0.25) is 0 Å². The van der Waals surface area contributed by atoms with Crippen LogP contribution in [-0.4, -0.2) is 40.1 Å². The molecule has 0 radical (unpaired) electrons. The van der Waals surface area contributed by atoms with Crippen LogP contribution in [0.3, 0.4) is 0 Å². The first kappa shape index (κ1) is 18.2. The maximum absolute atomic E-state index is 10.2. The molecule has 6 nitrogen and oxygen atoms in total. The summed E-state index contributed by atoms with van der Waals surface area (Å²) in [5.41, 5.74) is 8.71. The number of hydrogen-bond acceptors (Lipinski definition) is 6. The fourth-order valence-electron chi connectivity index (χ4n) is 3.72. The Labute approximate surface area is 154 Å². The summed E-state index contributed by atoms with van der Waals surface area (Å²) in [7, 11) is 4.21. The number of nitriles is 1. The third-order valence-electron chi connectivity index (χ3n) is 5.28. The van der Waals surface area contributed by atoms with Gasteiger partial charge in [-0.1, -0.05) is 11.6 Å². The second-order valence-corrected chi connectivity index (χ2v) is 7.29. The minimum atomic E-state index is 0.113. The molecule has 1 aromatic carbocycles. The van der Waals surface area contributed by atoms with Crippen LogP contribution in [0, 0.1) is 18.3 Å². The lowest BCUT2D eigenvalue weighted by Gasteiger charge is -2.32. The summed E-state index contributed by atoms with van der Waals surface area (Å²) in [6, 6.07) is 8.04. The number of hydrogen-bond donors (Lipinski definition) is 2. The molecule has 0 amide bonds. The second-order valence-electron chi connectivity index (χ2n) is 7.29. The molecule has 0 bridgehead atoms. The summed E-state index contributed by atoms with van der Waals surface area (Å²) < 4.78 is 0. The number of nitrogens with zero attached hydrogens (tertiary/aromatic N) is 4. The predicted molar refractivity (Wildman–Crippen MR) is 102 cm³/mol. The molecule has 1 aromatic heterocycles. The molecular weight excluding hydrogens is 326 g/mol. The van der Waals surface area contributed by atoms with Gasteiger partial charge in [-0.3, -0.25) is 0 Å². The Morgan fingerprint density at radius 1 is 1.19 bits per heavy atom. The summed E-state index contributed by atoms with van der Waals surface area (Å²) in [6.45, 7) is 1.94. The molecule has 0 saturated heterocycles. The van der Waals surface area contributed by atoms with Crippen molar-refractivity contribution in [2.75, 3.05) is 19.8 Å². The van der Waals surface area contributed by atoms with Gasteiger partial charge in [-0.05, 0) is 58.8 Å². The first-order valence-electron chi connectivity index (χ1n) is 8.94. The van der Waals surface area contributed by atoms with E-state index in [9.17, 15) is 10.4 Å². The highest BCUT2D eigenvalue weighted by Crippen LogP contribution is 2.37. The molecule has 3 rings (SSSR count). The van der Waals surface area contributed by atoms with E-state index in [1.807, 2.05) is 19.1 Å². The van der Waals surface area contributed by atoms with E-state index < -0.39 is 0 Å². The lowest BCUT2D eigenvalue weighted by molar-refractivity contribution is 0.215. The number of aromatic hydroxyl groups is 1. The molecule has 1 saturated carbocycles. The summed E-state index contributed by atoms with van der Waals surface area (Å²) >= 11 is 0. The van der Waals surface area contributed by atoms with Crippen molar-refractivity contribution < 1.29 is 5.11 Å². The highest BCUT2D eigenvalue weighted by molar-refractivity contribution is 5.67. The van der Waals surface area contributed by atoms with Crippen molar-refractivity contribution in [1.82, 2.24) is 14.9 Å². The molecule has 26 heavy (non-hydrogen) atoms. The third-order valence-corrected chi connectivity index (χ3v) is 5.28. The number of phenols is 1. The van der Waals surface area contributed by atoms with E-state index >= 15 is 0 Å². The number of nitrogens with two attached hydrogens (primary N) is 1. The number of nitrogen functional groups attached to an aromatic ring is 1. The molecule has 2 aromatic rings. The standard InChI is InChI=1S/C20H25N5O/c1-12-4-9-17(26)15(10-12)20-23-18(16(11-21)19(22)24-20)13-5-7-14(8-6-13)25(2)3/h4,9-10,13-14,26H,5-8H2,1-3H3,(H2,22,23,24). The van der Waals surface area contributed by atoms with Crippen molar-refractivity contribution in [2.24, 2.45) is 0 Å². The van der Waals surface area contributed by atoms with E-state index in [1.165, 1.54) is 0 Å². The Hall–Kier alpha value is -2.65. The molecule has 136 valence electrons. The van der Waals surface area contributed by atoms with E-state index in [0.29, 0.717) is 28.7 Å². The Balaban J connectivity index is 2.01. The zero-order valence-electron chi connectivity index (χ0n) is 15.5. The fourth-order valence-corrected chi connectivity index (χ4v) is 3.72. The molecule has 0 spiro atoms. The third kappa shape index (κ3) is 3.49. The van der Waals surface area contributed by atoms with Crippen LogP contribution in [0.5, 0.6) is 5.75 Å². The van der Waals surface area contributed by atoms with Gasteiger partial charge in [0.15, 0.2) is 5.82 Å². The van der Waals surface area contributed by atoms with Gasteiger partial charge in [0.05, 0.1) is 11.3 Å². The molecule has 6 heteroatoms. The molecule has 0 unspecified atom stereocenters. The van der Waals surface area contributed by atoms with E-state index in [4.69, 9.17) is 5.73 Å². The van der Waals surface area contributed by atoms with Crippen molar-refractivity contribution in [2.45, 2.75) is 44.6 Å². The lowest BCUT2D eigenvalue weighted by atomic mass is 9.82.